The lowest BCUT2D eigenvalue weighted by molar-refractivity contribution is -0.386. The molecule has 11 heteroatoms. The number of pyridine rings is 1. The quantitative estimate of drug-likeness (QED) is 0.412. The third kappa shape index (κ3) is 4.56. The number of nitro groups is 2. The predicted octanol–water partition coefficient (Wildman–Crippen LogP) is 4.26. The highest BCUT2D eigenvalue weighted by Gasteiger charge is 2.25. The van der Waals surface area contributed by atoms with E-state index in [1.165, 1.54) is 25.3 Å². The molecule has 1 aromatic carbocycles. The van der Waals surface area contributed by atoms with Crippen LogP contribution in [0.15, 0.2) is 33.5 Å². The second-order valence-electron chi connectivity index (χ2n) is 7.10. The van der Waals surface area contributed by atoms with E-state index in [-0.39, 0.29) is 23.6 Å². The third-order valence-corrected chi connectivity index (χ3v) is 5.06. The first kappa shape index (κ1) is 23.1. The van der Waals surface area contributed by atoms with Gasteiger partial charge in [-0.05, 0) is 49.8 Å². The van der Waals surface area contributed by atoms with Gasteiger partial charge < -0.3 is 14.1 Å². The predicted molar refractivity (Wildman–Crippen MR) is 118 cm³/mol. The highest BCUT2D eigenvalue weighted by molar-refractivity contribution is 5.74. The summed E-state index contributed by atoms with van der Waals surface area (Å²) < 4.78 is 10.7. The maximum Gasteiger partial charge on any atom is 0.299 e. The summed E-state index contributed by atoms with van der Waals surface area (Å²) in [6.07, 6.45) is 2.69. The largest absolute Gasteiger partial charge is 0.457 e. The molecular weight excluding hydrogens is 432 g/mol. The minimum absolute atomic E-state index is 0.0325. The van der Waals surface area contributed by atoms with Crippen molar-refractivity contribution in [3.63, 3.8) is 0 Å². The first-order chi connectivity index (χ1) is 15.7. The van der Waals surface area contributed by atoms with Gasteiger partial charge in [0.15, 0.2) is 0 Å². The Morgan fingerprint density at radius 3 is 2.52 bits per heavy atom. The number of benzene rings is 1. The van der Waals surface area contributed by atoms with Gasteiger partial charge in [-0.3, -0.25) is 25.0 Å². The van der Waals surface area contributed by atoms with Crippen molar-refractivity contribution in [2.45, 2.75) is 20.5 Å². The summed E-state index contributed by atoms with van der Waals surface area (Å²) >= 11 is 0. The van der Waals surface area contributed by atoms with Crippen LogP contribution in [0.4, 0.5) is 11.4 Å². The van der Waals surface area contributed by atoms with Crippen LogP contribution in [-0.4, -0.2) is 21.9 Å². The third-order valence-electron chi connectivity index (χ3n) is 5.06. The van der Waals surface area contributed by atoms with Gasteiger partial charge in [0.1, 0.15) is 28.8 Å². The van der Waals surface area contributed by atoms with E-state index in [1.807, 2.05) is 0 Å². The van der Waals surface area contributed by atoms with Crippen LogP contribution in [0.2, 0.25) is 0 Å². The Kier molecular flexibility index (Phi) is 6.51. The lowest BCUT2D eigenvalue weighted by atomic mass is 10.0. The van der Waals surface area contributed by atoms with E-state index in [1.54, 1.807) is 38.1 Å². The van der Waals surface area contributed by atoms with Crippen LogP contribution in [0.25, 0.3) is 23.5 Å². The fourth-order valence-corrected chi connectivity index (χ4v) is 3.33. The van der Waals surface area contributed by atoms with E-state index >= 15 is 0 Å². The Morgan fingerprint density at radius 1 is 1.18 bits per heavy atom. The maximum atomic E-state index is 12.2. The SMILES string of the molecule is COCc1c([N+](=O)[O-])c(/C=C/c2ccc(-c3cc(C)c(C)c([N+](=O)[O-])c3)o2)[nH]c(=O)c1C#N. The molecule has 1 N–H and O–H groups in total. The lowest BCUT2D eigenvalue weighted by Gasteiger charge is -2.06. The van der Waals surface area contributed by atoms with Crippen molar-refractivity contribution in [2.24, 2.45) is 0 Å². The highest BCUT2D eigenvalue weighted by Crippen LogP contribution is 2.31. The molecule has 0 saturated heterocycles. The molecule has 2 aromatic heterocycles. The minimum Gasteiger partial charge on any atom is -0.457 e. The molecule has 0 aliphatic rings. The number of methoxy groups -OCH3 is 1. The van der Waals surface area contributed by atoms with Crippen LogP contribution < -0.4 is 5.56 Å². The number of aromatic nitrogens is 1. The zero-order valence-electron chi connectivity index (χ0n) is 17.9. The fraction of sp³-hybridized carbons (Fsp3) is 0.182. The minimum atomic E-state index is -0.780. The summed E-state index contributed by atoms with van der Waals surface area (Å²) in [5, 5.41) is 32.2. The molecule has 0 unspecified atom stereocenters. The van der Waals surface area contributed by atoms with Crippen molar-refractivity contribution in [3.8, 4) is 17.4 Å². The van der Waals surface area contributed by atoms with Gasteiger partial charge in [-0.25, -0.2) is 0 Å². The topological polar surface area (TPSA) is 165 Å². The first-order valence-corrected chi connectivity index (χ1v) is 9.54. The highest BCUT2D eigenvalue weighted by atomic mass is 16.6. The molecule has 168 valence electrons. The number of nitro benzene ring substituents is 1. The van der Waals surface area contributed by atoms with Crippen LogP contribution in [0.3, 0.4) is 0 Å². The molecule has 0 aliphatic carbocycles. The number of aryl methyl sites for hydroxylation is 1. The second-order valence-corrected chi connectivity index (χ2v) is 7.10. The van der Waals surface area contributed by atoms with Crippen molar-refractivity contribution in [3.05, 3.63) is 88.6 Å². The van der Waals surface area contributed by atoms with Crippen LogP contribution >= 0.6 is 0 Å². The maximum absolute atomic E-state index is 12.2. The summed E-state index contributed by atoms with van der Waals surface area (Å²) in [7, 11) is 1.29. The van der Waals surface area contributed by atoms with E-state index in [9.17, 15) is 30.3 Å². The molecule has 0 radical (unpaired) electrons. The average Bonchev–Trinajstić information content (AvgIpc) is 3.23. The standard InChI is InChI=1S/C22H18N4O7/c1-12-8-14(9-19(13(12)2)25(28)29)20-7-5-15(33-20)4-6-18-21(26(30)31)17(11-32-3)16(10-23)22(27)24-18/h4-9H,11H2,1-3H3,(H,24,27)/b6-4+. The molecule has 3 rings (SSSR count). The number of nitrogens with zero attached hydrogens (tertiary/aromatic N) is 3. The molecule has 0 spiro atoms. The number of rotatable bonds is 7. The van der Waals surface area contributed by atoms with Gasteiger partial charge in [0, 0.05) is 24.3 Å². The zero-order valence-corrected chi connectivity index (χ0v) is 17.9. The van der Waals surface area contributed by atoms with Crippen LogP contribution in [0, 0.1) is 45.4 Å². The average molecular weight is 450 g/mol. The van der Waals surface area contributed by atoms with Crippen LogP contribution in [0.5, 0.6) is 0 Å². The van der Waals surface area contributed by atoms with E-state index in [0.29, 0.717) is 22.6 Å². The van der Waals surface area contributed by atoms with Gasteiger partial charge in [0.25, 0.3) is 16.9 Å². The Balaban J connectivity index is 2.04. The number of ether oxygens (including phenoxy) is 1. The number of nitriles is 1. The van der Waals surface area contributed by atoms with Gasteiger partial charge in [-0.15, -0.1) is 0 Å². The Labute approximate surface area is 186 Å². The summed E-state index contributed by atoms with van der Waals surface area (Å²) in [5.74, 6) is 0.655. The Morgan fingerprint density at radius 2 is 1.91 bits per heavy atom. The Bertz CT molecular complexity index is 1390. The van der Waals surface area contributed by atoms with Gasteiger partial charge in [0.2, 0.25) is 0 Å². The van der Waals surface area contributed by atoms with Gasteiger partial charge in [0.05, 0.1) is 22.0 Å². The van der Waals surface area contributed by atoms with Crippen molar-refractivity contribution in [1.82, 2.24) is 4.98 Å². The molecule has 2 heterocycles. The van der Waals surface area contributed by atoms with Crippen molar-refractivity contribution in [1.29, 1.82) is 5.26 Å². The number of furan rings is 1. The molecule has 0 atom stereocenters. The molecule has 0 amide bonds. The number of hydrogen-bond donors (Lipinski definition) is 1. The van der Waals surface area contributed by atoms with E-state index in [4.69, 9.17) is 9.15 Å². The monoisotopic (exact) mass is 450 g/mol. The van der Waals surface area contributed by atoms with E-state index in [0.717, 1.165) is 5.56 Å². The van der Waals surface area contributed by atoms with Crippen molar-refractivity contribution >= 4 is 23.5 Å². The van der Waals surface area contributed by atoms with Gasteiger partial charge in [-0.1, -0.05) is 0 Å². The normalized spacial score (nSPS) is 11.0. The molecule has 0 fully saturated rings. The van der Waals surface area contributed by atoms with Gasteiger partial charge in [-0.2, -0.15) is 5.26 Å². The lowest BCUT2D eigenvalue weighted by Crippen LogP contribution is -2.18. The second kappa shape index (κ2) is 9.29. The molecule has 0 bridgehead atoms. The zero-order chi connectivity index (χ0) is 24.3. The molecule has 33 heavy (non-hydrogen) atoms. The fourth-order valence-electron chi connectivity index (χ4n) is 3.33. The molecular formula is C22H18N4O7. The first-order valence-electron chi connectivity index (χ1n) is 9.54. The Hall–Kier alpha value is -4.56. The van der Waals surface area contributed by atoms with E-state index < -0.39 is 26.7 Å². The van der Waals surface area contributed by atoms with E-state index in [2.05, 4.69) is 4.98 Å². The molecule has 3 aromatic rings. The van der Waals surface area contributed by atoms with Crippen LogP contribution in [-0.2, 0) is 11.3 Å². The number of hydrogen-bond acceptors (Lipinski definition) is 8. The summed E-state index contributed by atoms with van der Waals surface area (Å²) in [6.45, 7) is 3.13. The van der Waals surface area contributed by atoms with Crippen molar-refractivity contribution < 1.29 is 19.0 Å². The van der Waals surface area contributed by atoms with Crippen molar-refractivity contribution in [2.75, 3.05) is 7.11 Å². The number of H-pyrrole nitrogens is 1. The number of nitrogens with one attached hydrogen (secondary N) is 1. The van der Waals surface area contributed by atoms with Gasteiger partial charge >= 0.3 is 0 Å². The molecule has 0 aliphatic heterocycles. The summed E-state index contributed by atoms with van der Waals surface area (Å²) in [5.41, 5.74) is -0.134. The number of aromatic amines is 1. The summed E-state index contributed by atoms with van der Waals surface area (Å²) in [4.78, 5) is 36.3. The smallest absolute Gasteiger partial charge is 0.299 e. The molecule has 11 nitrogen and oxygen atoms in total. The summed E-state index contributed by atoms with van der Waals surface area (Å²) in [6, 6.07) is 8.03. The molecule has 0 saturated carbocycles. The van der Waals surface area contributed by atoms with Crippen LogP contribution in [0.1, 0.15) is 33.7 Å².